The van der Waals surface area contributed by atoms with Gasteiger partial charge in [0.2, 0.25) is 41.4 Å². The molecule has 342 valence electrons. The Morgan fingerprint density at radius 2 is 1.20 bits per heavy atom. The molecule has 0 aliphatic heterocycles. The van der Waals surface area contributed by atoms with Gasteiger partial charge in [-0.25, -0.2) is 0 Å². The van der Waals surface area contributed by atoms with Gasteiger partial charge in [0, 0.05) is 12.8 Å². The number of benzene rings is 1. The van der Waals surface area contributed by atoms with Crippen LogP contribution in [0.25, 0.3) is 0 Å². The van der Waals surface area contributed by atoms with E-state index < -0.39 is 102 Å². The van der Waals surface area contributed by atoms with Crippen molar-refractivity contribution in [3.05, 3.63) is 29.8 Å². The standard InChI is InChI=1S/C41H66N8O11S/c1-8-23(5)34(40(59)44-26(21-50)16-17-61-7)49-39(58)30(18-22(3)4)46-37(56)29(14-15-32(43)52)45-38(57)31(19-25-10-12-27(51)13-11-25)47-41(60)35(24(6)9-2)48-36(55)28(42)20-33(53)54/h10-13,21-24,26,28-31,34-35,51H,8-9,14-20,42H2,1-7H3,(H2,43,52)(H,44,59)(H,45,57)(H,46,56)(H,47,60)(H,48,55)(H,49,58)(H,53,54)/t23-,24-,26-,28-,29-,30-,31-,34-,35-/m0/s1. The first kappa shape index (κ1) is 53.8. The molecule has 0 spiro atoms. The number of aliphatic carboxylic acids is 1. The van der Waals surface area contributed by atoms with Crippen molar-refractivity contribution in [2.45, 2.75) is 135 Å². The van der Waals surface area contributed by atoms with Gasteiger partial charge in [-0.15, -0.1) is 0 Å². The molecule has 0 unspecified atom stereocenters. The van der Waals surface area contributed by atoms with Crippen LogP contribution in [0.2, 0.25) is 0 Å². The number of nitrogens with two attached hydrogens (primary N) is 2. The van der Waals surface area contributed by atoms with Gasteiger partial charge in [0.05, 0.1) is 18.5 Å². The molecule has 1 aromatic carbocycles. The van der Waals surface area contributed by atoms with E-state index in [9.17, 15) is 48.3 Å². The molecule has 0 radical (unpaired) electrons. The Kier molecular flexibility index (Phi) is 24.3. The number of primary amides is 1. The second-order valence-electron chi connectivity index (χ2n) is 15.7. The van der Waals surface area contributed by atoms with Crippen molar-refractivity contribution in [1.29, 1.82) is 0 Å². The van der Waals surface area contributed by atoms with Crippen LogP contribution >= 0.6 is 11.8 Å². The summed E-state index contributed by atoms with van der Waals surface area (Å²) >= 11 is 1.51. The zero-order valence-electron chi connectivity index (χ0n) is 36.2. The SMILES string of the molecule is CC[C@H](C)[C@H](NC(=O)[C@H](CC(C)C)NC(=O)[C@H](CCC(N)=O)NC(=O)[C@H](Cc1ccc(O)cc1)NC(=O)[C@@H](NC(=O)[C@@H](N)CC(=O)O)[C@@H](C)CC)C(=O)N[C@H](C=O)CCSC. The third-order valence-electron chi connectivity index (χ3n) is 10.1. The average Bonchev–Trinajstić information content (AvgIpc) is 3.20. The largest absolute Gasteiger partial charge is 0.508 e. The molecule has 0 heterocycles. The van der Waals surface area contributed by atoms with Gasteiger partial charge in [0.25, 0.3) is 0 Å². The van der Waals surface area contributed by atoms with Crippen LogP contribution in [0.15, 0.2) is 24.3 Å². The Balaban J connectivity index is 3.52. The number of aromatic hydroxyl groups is 1. The zero-order valence-corrected chi connectivity index (χ0v) is 37.0. The first-order valence-corrected chi connectivity index (χ1v) is 21.9. The van der Waals surface area contributed by atoms with Crippen LogP contribution in [-0.2, 0) is 49.6 Å². The quantitative estimate of drug-likeness (QED) is 0.0475. The Hall–Kier alpha value is -5.24. The van der Waals surface area contributed by atoms with E-state index in [1.165, 1.54) is 36.0 Å². The van der Waals surface area contributed by atoms with Gasteiger partial charge in [-0.2, -0.15) is 11.8 Å². The van der Waals surface area contributed by atoms with Crippen molar-refractivity contribution in [3.63, 3.8) is 0 Å². The Labute approximate surface area is 361 Å². The molecule has 19 nitrogen and oxygen atoms in total. The normalized spacial score (nSPS) is 15.6. The summed E-state index contributed by atoms with van der Waals surface area (Å²) < 4.78 is 0. The van der Waals surface area contributed by atoms with Crippen LogP contribution in [0.1, 0.15) is 92.1 Å². The van der Waals surface area contributed by atoms with Crippen molar-refractivity contribution in [3.8, 4) is 5.75 Å². The fraction of sp³-hybridized carbons (Fsp3) is 0.634. The lowest BCUT2D eigenvalue weighted by atomic mass is 9.96. The number of rotatable bonds is 29. The highest BCUT2D eigenvalue weighted by Gasteiger charge is 2.35. The van der Waals surface area contributed by atoms with Crippen LogP contribution in [0.4, 0.5) is 0 Å². The number of phenolic OH excluding ortho intramolecular Hbond substituents is 1. The fourth-order valence-electron chi connectivity index (χ4n) is 6.03. The molecule has 0 fully saturated rings. The first-order valence-electron chi connectivity index (χ1n) is 20.5. The van der Waals surface area contributed by atoms with Crippen LogP contribution in [0.3, 0.4) is 0 Å². The number of hydrogen-bond donors (Lipinski definition) is 10. The summed E-state index contributed by atoms with van der Waals surface area (Å²) in [6.07, 6.45) is 2.31. The lowest BCUT2D eigenvalue weighted by Gasteiger charge is -2.30. The summed E-state index contributed by atoms with van der Waals surface area (Å²) in [7, 11) is 0. The van der Waals surface area contributed by atoms with Gasteiger partial charge in [-0.05, 0) is 66.7 Å². The third-order valence-corrected chi connectivity index (χ3v) is 10.7. The molecule has 9 atom stereocenters. The van der Waals surface area contributed by atoms with Crippen molar-refractivity contribution >= 4 is 65.4 Å². The fourth-order valence-corrected chi connectivity index (χ4v) is 6.52. The second-order valence-corrected chi connectivity index (χ2v) is 16.7. The maximum absolute atomic E-state index is 14.1. The minimum atomic E-state index is -1.47. The molecule has 0 aliphatic rings. The predicted octanol–water partition coefficient (Wildman–Crippen LogP) is 0.00130. The van der Waals surface area contributed by atoms with E-state index in [-0.39, 0.29) is 43.3 Å². The van der Waals surface area contributed by atoms with Gasteiger partial charge in [0.15, 0.2) is 0 Å². The number of thioether (sulfide) groups is 1. The van der Waals surface area contributed by atoms with Gasteiger partial charge in [0.1, 0.15) is 42.2 Å². The number of phenols is 1. The summed E-state index contributed by atoms with van der Waals surface area (Å²) in [6, 6.07) is -2.95. The minimum Gasteiger partial charge on any atom is -0.508 e. The number of aldehydes is 1. The summed E-state index contributed by atoms with van der Waals surface area (Å²) in [5.74, 6) is -7.37. The molecule has 7 amide bonds. The molecule has 1 rings (SSSR count). The molecule has 61 heavy (non-hydrogen) atoms. The summed E-state index contributed by atoms with van der Waals surface area (Å²) in [5, 5.41) is 34.7. The Morgan fingerprint density at radius 1 is 0.705 bits per heavy atom. The molecule has 0 aliphatic carbocycles. The predicted molar refractivity (Wildman–Crippen MR) is 229 cm³/mol. The maximum Gasteiger partial charge on any atom is 0.305 e. The number of hydrogen-bond acceptors (Lipinski definition) is 12. The smallest absolute Gasteiger partial charge is 0.305 e. The van der Waals surface area contributed by atoms with Crippen molar-refractivity contribution in [2.24, 2.45) is 29.2 Å². The number of carboxylic acid groups (broad SMARTS) is 1. The van der Waals surface area contributed by atoms with Crippen LogP contribution in [-0.4, -0.2) is 118 Å². The van der Waals surface area contributed by atoms with E-state index in [2.05, 4.69) is 31.9 Å². The van der Waals surface area contributed by atoms with Gasteiger partial charge < -0.3 is 58.4 Å². The van der Waals surface area contributed by atoms with Crippen molar-refractivity contribution in [1.82, 2.24) is 31.9 Å². The van der Waals surface area contributed by atoms with E-state index in [4.69, 9.17) is 16.6 Å². The average molecular weight is 879 g/mol. The number of carboxylic acids is 1. The molecule has 0 bridgehead atoms. The van der Waals surface area contributed by atoms with Crippen molar-refractivity contribution in [2.75, 3.05) is 12.0 Å². The number of carbonyl (C=O) groups is 9. The van der Waals surface area contributed by atoms with E-state index >= 15 is 0 Å². The summed E-state index contributed by atoms with van der Waals surface area (Å²) in [6.45, 7) is 10.6. The third kappa shape index (κ3) is 19.8. The zero-order chi connectivity index (χ0) is 46.4. The summed E-state index contributed by atoms with van der Waals surface area (Å²) in [5.41, 5.74) is 11.6. The van der Waals surface area contributed by atoms with Crippen LogP contribution in [0, 0.1) is 17.8 Å². The van der Waals surface area contributed by atoms with E-state index in [1.54, 1.807) is 20.8 Å². The molecule has 1 aromatic rings. The van der Waals surface area contributed by atoms with Crippen molar-refractivity contribution < 1.29 is 53.4 Å². The molecular weight excluding hydrogens is 813 g/mol. The highest BCUT2D eigenvalue weighted by atomic mass is 32.2. The molecule has 0 aromatic heterocycles. The van der Waals surface area contributed by atoms with Gasteiger partial charge >= 0.3 is 5.97 Å². The first-order chi connectivity index (χ1) is 28.7. The topological polar surface area (TPSA) is 318 Å². The molecule has 0 saturated heterocycles. The molecular formula is C41H66N8O11S. The minimum absolute atomic E-state index is 0.0679. The van der Waals surface area contributed by atoms with Crippen LogP contribution in [0.5, 0.6) is 5.75 Å². The Bertz CT molecular complexity index is 1650. The number of amides is 7. The van der Waals surface area contributed by atoms with E-state index in [0.29, 0.717) is 36.9 Å². The molecule has 20 heteroatoms. The molecule has 0 saturated carbocycles. The highest BCUT2D eigenvalue weighted by molar-refractivity contribution is 7.98. The maximum atomic E-state index is 14.1. The second kappa shape index (κ2) is 27.6. The van der Waals surface area contributed by atoms with E-state index in [0.717, 1.165) is 0 Å². The lowest BCUT2D eigenvalue weighted by Crippen LogP contribution is -2.61. The molecule has 12 N–H and O–H groups in total. The summed E-state index contributed by atoms with van der Waals surface area (Å²) in [4.78, 5) is 117. The monoisotopic (exact) mass is 878 g/mol. The van der Waals surface area contributed by atoms with Gasteiger partial charge in [-0.1, -0.05) is 66.5 Å². The Morgan fingerprint density at radius 3 is 1.69 bits per heavy atom. The van der Waals surface area contributed by atoms with Gasteiger partial charge in [-0.3, -0.25) is 38.4 Å². The van der Waals surface area contributed by atoms with Crippen LogP contribution < -0.4 is 43.4 Å². The number of carbonyl (C=O) groups excluding carboxylic acids is 8. The number of nitrogens with one attached hydrogen (secondary N) is 6. The highest BCUT2D eigenvalue weighted by Crippen LogP contribution is 2.15. The lowest BCUT2D eigenvalue weighted by molar-refractivity contribution is -0.140. The van der Waals surface area contributed by atoms with E-state index in [1.807, 2.05) is 27.0 Å².